The summed E-state index contributed by atoms with van der Waals surface area (Å²) in [7, 11) is 0. The number of piperidine rings is 1. The normalized spacial score (nSPS) is 16.9. The highest BCUT2D eigenvalue weighted by Gasteiger charge is 2.33. The van der Waals surface area contributed by atoms with Crippen molar-refractivity contribution in [2.45, 2.75) is 51.8 Å². The number of halogens is 2. The molecule has 0 atom stereocenters. The molecule has 1 aliphatic carbocycles. The molecule has 0 radical (unpaired) electrons. The van der Waals surface area contributed by atoms with Gasteiger partial charge in [-0.2, -0.15) is 8.78 Å². The maximum atomic E-state index is 13.2. The standard InChI is InChI=1S/C26H31F2N3O3/c1-18(32)20-6-4-7-22(15-20)29-26(33)31(16-19-9-10-19)23-11-13-30(14-12-23)17-21-5-2-3-8-24(21)34-25(27)28/h2-8,15,19,23,25H,9-14,16-17H2,1H3,(H,29,33). The largest absolute Gasteiger partial charge is 0.434 e. The van der Waals surface area contributed by atoms with E-state index in [-0.39, 0.29) is 23.6 Å². The molecular formula is C26H31F2N3O3. The van der Waals surface area contributed by atoms with E-state index in [1.165, 1.54) is 6.92 Å². The molecule has 2 aromatic carbocycles. The Balaban J connectivity index is 1.37. The van der Waals surface area contributed by atoms with Crippen molar-refractivity contribution in [2.24, 2.45) is 5.92 Å². The van der Waals surface area contributed by atoms with Crippen LogP contribution in [0.3, 0.4) is 0 Å². The number of para-hydroxylation sites is 1. The van der Waals surface area contributed by atoms with Gasteiger partial charge in [-0.1, -0.05) is 30.3 Å². The minimum Gasteiger partial charge on any atom is -0.434 e. The number of anilines is 1. The van der Waals surface area contributed by atoms with Gasteiger partial charge in [0.1, 0.15) is 5.75 Å². The zero-order valence-electron chi connectivity index (χ0n) is 19.4. The van der Waals surface area contributed by atoms with E-state index in [1.807, 2.05) is 17.0 Å². The first-order valence-electron chi connectivity index (χ1n) is 11.8. The average Bonchev–Trinajstić information content (AvgIpc) is 3.63. The van der Waals surface area contributed by atoms with Crippen molar-refractivity contribution >= 4 is 17.5 Å². The molecule has 2 aromatic rings. The SMILES string of the molecule is CC(=O)c1cccc(NC(=O)N(CC2CC2)C2CCN(Cc3ccccc3OC(F)F)CC2)c1. The van der Waals surface area contributed by atoms with E-state index >= 15 is 0 Å². The van der Waals surface area contributed by atoms with Crippen molar-refractivity contribution in [3.8, 4) is 5.75 Å². The number of Topliss-reactive ketones (excluding diaryl/α,β-unsaturated/α-hetero) is 1. The fourth-order valence-electron chi connectivity index (χ4n) is 4.46. The molecule has 4 rings (SSSR count). The number of urea groups is 1. The van der Waals surface area contributed by atoms with Crippen LogP contribution >= 0.6 is 0 Å². The van der Waals surface area contributed by atoms with Crippen LogP contribution < -0.4 is 10.1 Å². The topological polar surface area (TPSA) is 61.9 Å². The van der Waals surface area contributed by atoms with E-state index in [0.29, 0.717) is 23.7 Å². The number of benzene rings is 2. The number of nitrogens with zero attached hydrogens (tertiary/aromatic N) is 2. The van der Waals surface area contributed by atoms with Gasteiger partial charge in [0.15, 0.2) is 5.78 Å². The van der Waals surface area contributed by atoms with Crippen LogP contribution in [-0.2, 0) is 6.54 Å². The van der Waals surface area contributed by atoms with Gasteiger partial charge in [0.2, 0.25) is 0 Å². The number of likely N-dealkylation sites (tertiary alicyclic amines) is 1. The monoisotopic (exact) mass is 471 g/mol. The minimum absolute atomic E-state index is 0.0427. The lowest BCUT2D eigenvalue weighted by Gasteiger charge is -2.38. The quantitative estimate of drug-likeness (QED) is 0.498. The Morgan fingerprint density at radius 2 is 1.82 bits per heavy atom. The Hall–Kier alpha value is -3.00. The van der Waals surface area contributed by atoms with Crippen LogP contribution in [0.15, 0.2) is 48.5 Å². The summed E-state index contributed by atoms with van der Waals surface area (Å²) >= 11 is 0. The number of alkyl halides is 2. The second kappa shape index (κ2) is 11.0. The lowest BCUT2D eigenvalue weighted by Crippen LogP contribution is -2.49. The van der Waals surface area contributed by atoms with Crippen LogP contribution in [0.4, 0.5) is 19.3 Å². The first kappa shape index (κ1) is 24.1. The molecule has 1 aliphatic heterocycles. The maximum absolute atomic E-state index is 13.2. The number of carbonyl (C=O) groups is 2. The molecule has 8 heteroatoms. The zero-order chi connectivity index (χ0) is 24.1. The summed E-state index contributed by atoms with van der Waals surface area (Å²) in [6.45, 7) is 1.45. The summed E-state index contributed by atoms with van der Waals surface area (Å²) in [6, 6.07) is 13.9. The van der Waals surface area contributed by atoms with E-state index in [1.54, 1.807) is 36.4 Å². The van der Waals surface area contributed by atoms with E-state index in [9.17, 15) is 18.4 Å². The Morgan fingerprint density at radius 3 is 2.50 bits per heavy atom. The van der Waals surface area contributed by atoms with Gasteiger partial charge < -0.3 is 15.0 Å². The van der Waals surface area contributed by atoms with Crippen LogP contribution in [0.25, 0.3) is 0 Å². The van der Waals surface area contributed by atoms with Crippen molar-refractivity contribution < 1.29 is 23.1 Å². The number of carbonyl (C=O) groups excluding carboxylic acids is 2. The molecule has 1 saturated carbocycles. The van der Waals surface area contributed by atoms with Crippen LogP contribution in [0, 0.1) is 5.92 Å². The molecule has 2 amide bonds. The van der Waals surface area contributed by atoms with E-state index < -0.39 is 6.61 Å². The van der Waals surface area contributed by atoms with Crippen LogP contribution in [0.5, 0.6) is 5.75 Å². The number of amides is 2. The van der Waals surface area contributed by atoms with Crippen molar-refractivity contribution in [2.75, 3.05) is 25.0 Å². The summed E-state index contributed by atoms with van der Waals surface area (Å²) in [5, 5.41) is 2.98. The summed E-state index contributed by atoms with van der Waals surface area (Å²) in [5.74, 6) is 0.715. The Labute approximate surface area is 198 Å². The summed E-state index contributed by atoms with van der Waals surface area (Å²) in [6.07, 6.45) is 3.91. The highest BCUT2D eigenvalue weighted by atomic mass is 19.3. The smallest absolute Gasteiger partial charge is 0.387 e. The third kappa shape index (κ3) is 6.53. The van der Waals surface area contributed by atoms with Gasteiger partial charge in [0, 0.05) is 49.0 Å². The molecule has 2 aliphatic rings. The summed E-state index contributed by atoms with van der Waals surface area (Å²) in [4.78, 5) is 29.0. The highest BCUT2D eigenvalue weighted by molar-refractivity contribution is 5.96. The number of nitrogens with one attached hydrogen (secondary N) is 1. The molecular weight excluding hydrogens is 440 g/mol. The molecule has 1 N–H and O–H groups in total. The zero-order valence-corrected chi connectivity index (χ0v) is 19.4. The first-order chi connectivity index (χ1) is 16.4. The Bertz CT molecular complexity index is 1000. The Morgan fingerprint density at radius 1 is 1.09 bits per heavy atom. The number of hydrogen-bond donors (Lipinski definition) is 1. The molecule has 0 unspecified atom stereocenters. The van der Waals surface area contributed by atoms with E-state index in [0.717, 1.165) is 50.9 Å². The van der Waals surface area contributed by atoms with E-state index in [4.69, 9.17) is 0 Å². The van der Waals surface area contributed by atoms with Gasteiger partial charge in [0.25, 0.3) is 0 Å². The highest BCUT2D eigenvalue weighted by Crippen LogP contribution is 2.32. The predicted octanol–water partition coefficient (Wildman–Crippen LogP) is 5.40. The van der Waals surface area contributed by atoms with Crippen molar-refractivity contribution in [3.05, 3.63) is 59.7 Å². The molecule has 34 heavy (non-hydrogen) atoms. The van der Waals surface area contributed by atoms with Gasteiger partial charge in [-0.3, -0.25) is 9.69 Å². The molecule has 182 valence electrons. The van der Waals surface area contributed by atoms with Crippen LogP contribution in [0.1, 0.15) is 48.5 Å². The molecule has 0 bridgehead atoms. The van der Waals surface area contributed by atoms with Crippen molar-refractivity contribution in [3.63, 3.8) is 0 Å². The van der Waals surface area contributed by atoms with Gasteiger partial charge in [0.05, 0.1) is 0 Å². The molecule has 1 saturated heterocycles. The average molecular weight is 472 g/mol. The molecule has 2 fully saturated rings. The number of ether oxygens (including phenoxy) is 1. The fraction of sp³-hybridized carbons (Fsp3) is 0.462. The first-order valence-corrected chi connectivity index (χ1v) is 11.8. The maximum Gasteiger partial charge on any atom is 0.387 e. The predicted molar refractivity (Wildman–Crippen MR) is 126 cm³/mol. The van der Waals surface area contributed by atoms with Gasteiger partial charge in [-0.15, -0.1) is 0 Å². The third-order valence-electron chi connectivity index (χ3n) is 6.51. The lowest BCUT2D eigenvalue weighted by atomic mass is 10.0. The summed E-state index contributed by atoms with van der Waals surface area (Å²) < 4.78 is 30.1. The lowest BCUT2D eigenvalue weighted by molar-refractivity contribution is -0.0508. The summed E-state index contributed by atoms with van der Waals surface area (Å²) in [5.41, 5.74) is 1.92. The number of rotatable bonds is 9. The molecule has 0 aromatic heterocycles. The molecule has 1 heterocycles. The number of ketones is 1. The van der Waals surface area contributed by atoms with Crippen LogP contribution in [-0.4, -0.2) is 53.9 Å². The molecule has 0 spiro atoms. The fourth-order valence-corrected chi connectivity index (χ4v) is 4.46. The van der Waals surface area contributed by atoms with Gasteiger partial charge >= 0.3 is 12.6 Å². The second-order valence-corrected chi connectivity index (χ2v) is 9.16. The van der Waals surface area contributed by atoms with Gasteiger partial charge in [-0.05, 0) is 56.7 Å². The minimum atomic E-state index is -2.85. The molecule has 6 nitrogen and oxygen atoms in total. The third-order valence-corrected chi connectivity index (χ3v) is 6.51. The van der Waals surface area contributed by atoms with Crippen LogP contribution in [0.2, 0.25) is 0 Å². The van der Waals surface area contributed by atoms with Crippen molar-refractivity contribution in [1.29, 1.82) is 0 Å². The Kier molecular flexibility index (Phi) is 7.77. The van der Waals surface area contributed by atoms with Gasteiger partial charge in [-0.25, -0.2) is 4.79 Å². The van der Waals surface area contributed by atoms with Crippen molar-refractivity contribution in [1.82, 2.24) is 9.80 Å². The van der Waals surface area contributed by atoms with E-state index in [2.05, 4.69) is 15.0 Å². The second-order valence-electron chi connectivity index (χ2n) is 9.16. The number of hydrogen-bond acceptors (Lipinski definition) is 4.